The standard InChI is InChI=1S/C22H17NO2/c1-2-15-7-9-16(10-8-15)11-12-23-21(24)19-13-17-5-3-4-6-18(17)14-20(19)22(23)25/h2-10,13-14H,1,11-12H2. The molecule has 1 aliphatic rings. The summed E-state index contributed by atoms with van der Waals surface area (Å²) in [6.07, 6.45) is 2.43. The van der Waals surface area contributed by atoms with Gasteiger partial charge in [0.2, 0.25) is 0 Å². The van der Waals surface area contributed by atoms with Crippen molar-refractivity contribution in [2.24, 2.45) is 0 Å². The van der Waals surface area contributed by atoms with Crippen LogP contribution in [-0.2, 0) is 6.42 Å². The summed E-state index contributed by atoms with van der Waals surface area (Å²) in [6, 6.07) is 19.4. The predicted octanol–water partition coefficient (Wildman–Crippen LogP) is 4.32. The number of imide groups is 1. The summed E-state index contributed by atoms with van der Waals surface area (Å²) in [6.45, 7) is 4.12. The zero-order valence-corrected chi connectivity index (χ0v) is 13.7. The normalized spacial score (nSPS) is 13.4. The second kappa shape index (κ2) is 6.02. The number of carbonyl (C=O) groups excluding carboxylic acids is 2. The van der Waals surface area contributed by atoms with Crippen molar-refractivity contribution in [1.82, 2.24) is 4.90 Å². The van der Waals surface area contributed by atoms with E-state index in [1.807, 2.05) is 60.7 Å². The molecule has 1 aliphatic heterocycles. The van der Waals surface area contributed by atoms with Crippen LogP contribution in [0.25, 0.3) is 16.8 Å². The Morgan fingerprint density at radius 1 is 0.840 bits per heavy atom. The van der Waals surface area contributed by atoms with Crippen LogP contribution >= 0.6 is 0 Å². The highest BCUT2D eigenvalue weighted by Crippen LogP contribution is 2.28. The van der Waals surface area contributed by atoms with Crippen LogP contribution in [0, 0.1) is 0 Å². The average molecular weight is 327 g/mol. The van der Waals surface area contributed by atoms with Gasteiger partial charge >= 0.3 is 0 Å². The van der Waals surface area contributed by atoms with E-state index in [0.717, 1.165) is 21.9 Å². The van der Waals surface area contributed by atoms with Gasteiger partial charge in [0.25, 0.3) is 11.8 Å². The van der Waals surface area contributed by atoms with E-state index in [-0.39, 0.29) is 11.8 Å². The molecule has 0 spiro atoms. The minimum absolute atomic E-state index is 0.200. The SMILES string of the molecule is C=Cc1ccc(CCN2C(=O)c3cc4ccccc4cc3C2=O)cc1. The van der Waals surface area contributed by atoms with Crippen molar-refractivity contribution in [3.63, 3.8) is 0 Å². The van der Waals surface area contributed by atoms with Crippen LogP contribution in [0.5, 0.6) is 0 Å². The van der Waals surface area contributed by atoms with Crippen LogP contribution in [0.3, 0.4) is 0 Å². The molecule has 3 aromatic carbocycles. The molecule has 0 aliphatic carbocycles. The number of hydrogen-bond acceptors (Lipinski definition) is 2. The molecule has 0 saturated heterocycles. The Hall–Kier alpha value is -3.20. The zero-order valence-electron chi connectivity index (χ0n) is 13.7. The summed E-state index contributed by atoms with van der Waals surface area (Å²) in [4.78, 5) is 26.7. The van der Waals surface area contributed by atoms with Gasteiger partial charge in [-0.25, -0.2) is 0 Å². The molecule has 0 fully saturated rings. The van der Waals surface area contributed by atoms with Gasteiger partial charge in [0, 0.05) is 6.54 Å². The van der Waals surface area contributed by atoms with Gasteiger partial charge in [-0.15, -0.1) is 0 Å². The lowest BCUT2D eigenvalue weighted by molar-refractivity contribution is 0.0656. The predicted molar refractivity (Wildman–Crippen MR) is 99.6 cm³/mol. The third-order valence-corrected chi connectivity index (χ3v) is 4.68. The molecule has 0 saturated carbocycles. The van der Waals surface area contributed by atoms with Gasteiger partial charge in [0.1, 0.15) is 0 Å². The minimum Gasteiger partial charge on any atom is -0.274 e. The number of nitrogens with zero attached hydrogens (tertiary/aromatic N) is 1. The van der Waals surface area contributed by atoms with E-state index in [4.69, 9.17) is 0 Å². The second-order valence-electron chi connectivity index (χ2n) is 6.20. The molecule has 2 amide bonds. The van der Waals surface area contributed by atoms with Crippen LogP contribution in [0.2, 0.25) is 0 Å². The lowest BCUT2D eigenvalue weighted by Gasteiger charge is -2.13. The maximum Gasteiger partial charge on any atom is 0.261 e. The van der Waals surface area contributed by atoms with Gasteiger partial charge in [-0.1, -0.05) is 61.2 Å². The molecule has 0 atom stereocenters. The highest BCUT2D eigenvalue weighted by Gasteiger charge is 2.35. The van der Waals surface area contributed by atoms with Crippen LogP contribution < -0.4 is 0 Å². The third kappa shape index (κ3) is 2.64. The fourth-order valence-electron chi connectivity index (χ4n) is 3.24. The number of amides is 2. The molecular weight excluding hydrogens is 310 g/mol. The highest BCUT2D eigenvalue weighted by atomic mass is 16.2. The van der Waals surface area contributed by atoms with Crippen molar-refractivity contribution in [2.45, 2.75) is 6.42 Å². The molecule has 4 rings (SSSR count). The lowest BCUT2D eigenvalue weighted by Crippen LogP contribution is -2.31. The second-order valence-corrected chi connectivity index (χ2v) is 6.20. The quantitative estimate of drug-likeness (QED) is 0.669. The summed E-state index contributed by atoms with van der Waals surface area (Å²) in [5, 5.41) is 1.95. The Morgan fingerprint density at radius 3 is 1.92 bits per heavy atom. The molecule has 0 aromatic heterocycles. The molecule has 1 heterocycles. The molecular formula is C22H17NO2. The lowest BCUT2D eigenvalue weighted by atomic mass is 10.0. The Kier molecular flexibility index (Phi) is 3.69. The van der Waals surface area contributed by atoms with Crippen molar-refractivity contribution in [3.8, 4) is 0 Å². The summed E-state index contributed by atoms with van der Waals surface area (Å²) < 4.78 is 0. The highest BCUT2D eigenvalue weighted by molar-refractivity contribution is 6.23. The first-order chi connectivity index (χ1) is 12.2. The maximum atomic E-state index is 12.7. The fourth-order valence-corrected chi connectivity index (χ4v) is 3.24. The zero-order chi connectivity index (χ0) is 17.4. The topological polar surface area (TPSA) is 37.4 Å². The summed E-state index contributed by atoms with van der Waals surface area (Å²) in [7, 11) is 0. The van der Waals surface area contributed by atoms with Gasteiger partial charge in [-0.05, 0) is 40.5 Å². The maximum absolute atomic E-state index is 12.7. The molecule has 0 unspecified atom stereocenters. The fraction of sp³-hybridized carbons (Fsp3) is 0.0909. The van der Waals surface area contributed by atoms with E-state index in [2.05, 4.69) is 6.58 Å². The Morgan fingerprint density at radius 2 is 1.40 bits per heavy atom. The third-order valence-electron chi connectivity index (χ3n) is 4.68. The monoisotopic (exact) mass is 327 g/mol. The molecule has 122 valence electrons. The smallest absolute Gasteiger partial charge is 0.261 e. The van der Waals surface area contributed by atoms with E-state index in [9.17, 15) is 9.59 Å². The van der Waals surface area contributed by atoms with Crippen molar-refractivity contribution in [1.29, 1.82) is 0 Å². The molecule has 3 nitrogen and oxygen atoms in total. The van der Waals surface area contributed by atoms with Crippen LogP contribution in [0.4, 0.5) is 0 Å². The van der Waals surface area contributed by atoms with Crippen molar-refractivity contribution in [3.05, 3.63) is 89.5 Å². The van der Waals surface area contributed by atoms with Gasteiger partial charge in [0.05, 0.1) is 11.1 Å². The number of carbonyl (C=O) groups is 2. The molecule has 0 bridgehead atoms. The molecule has 3 heteroatoms. The Bertz CT molecular complexity index is 948. The van der Waals surface area contributed by atoms with Gasteiger partial charge in [-0.3, -0.25) is 14.5 Å². The minimum atomic E-state index is -0.200. The van der Waals surface area contributed by atoms with Crippen molar-refractivity contribution < 1.29 is 9.59 Å². The summed E-state index contributed by atoms with van der Waals surface area (Å²) in [5.74, 6) is -0.401. The first-order valence-electron chi connectivity index (χ1n) is 8.28. The summed E-state index contributed by atoms with van der Waals surface area (Å²) in [5.41, 5.74) is 3.15. The van der Waals surface area contributed by atoms with E-state index in [0.29, 0.717) is 24.1 Å². The van der Waals surface area contributed by atoms with Crippen molar-refractivity contribution >= 4 is 28.7 Å². The van der Waals surface area contributed by atoms with E-state index < -0.39 is 0 Å². The number of fused-ring (bicyclic) bond motifs is 2. The molecule has 3 aromatic rings. The van der Waals surface area contributed by atoms with Crippen LogP contribution in [-0.4, -0.2) is 23.3 Å². The average Bonchev–Trinajstić information content (AvgIpc) is 2.89. The van der Waals surface area contributed by atoms with Crippen LogP contribution in [0.1, 0.15) is 31.8 Å². The van der Waals surface area contributed by atoms with E-state index in [1.165, 1.54) is 4.90 Å². The molecule has 25 heavy (non-hydrogen) atoms. The van der Waals surface area contributed by atoms with E-state index in [1.54, 1.807) is 6.08 Å². The number of rotatable bonds is 4. The van der Waals surface area contributed by atoms with Crippen molar-refractivity contribution in [2.75, 3.05) is 6.54 Å². The van der Waals surface area contributed by atoms with Gasteiger partial charge in [0.15, 0.2) is 0 Å². The summed E-state index contributed by atoms with van der Waals surface area (Å²) >= 11 is 0. The Labute approximate surface area is 146 Å². The number of benzene rings is 3. The van der Waals surface area contributed by atoms with E-state index >= 15 is 0 Å². The first kappa shape index (κ1) is 15.3. The Balaban J connectivity index is 1.58. The first-order valence-corrected chi connectivity index (χ1v) is 8.28. The number of hydrogen-bond donors (Lipinski definition) is 0. The largest absolute Gasteiger partial charge is 0.274 e. The van der Waals surface area contributed by atoms with Gasteiger partial charge in [-0.2, -0.15) is 0 Å². The molecule has 0 radical (unpaired) electrons. The van der Waals surface area contributed by atoms with Crippen LogP contribution in [0.15, 0.2) is 67.2 Å². The van der Waals surface area contributed by atoms with Gasteiger partial charge < -0.3 is 0 Å². The molecule has 0 N–H and O–H groups in total.